The minimum Gasteiger partial charge on any atom is -0.458 e. The zero-order valence-electron chi connectivity index (χ0n) is 32.7. The van der Waals surface area contributed by atoms with Crippen LogP contribution in [-0.2, 0) is 6.42 Å². The van der Waals surface area contributed by atoms with E-state index >= 15 is 0 Å². The Bertz CT molecular complexity index is 2860. The molecule has 0 N–H and O–H groups in total. The number of nitrogens with zero attached hydrogens (tertiary/aromatic N) is 4. The first kappa shape index (κ1) is 31.4. The zero-order chi connectivity index (χ0) is 36.6. The molecular weight excluding hydrogens is 671 g/mol. The van der Waals surface area contributed by atoms with Crippen LogP contribution in [0.5, 0.6) is 11.5 Å². The fourth-order valence-electron chi connectivity index (χ4n) is 12.6. The van der Waals surface area contributed by atoms with Gasteiger partial charge >= 0.3 is 0 Å². The monoisotopic (exact) mass is 718 g/mol. The Morgan fingerprint density at radius 2 is 1.35 bits per heavy atom. The summed E-state index contributed by atoms with van der Waals surface area (Å²) in [4.78, 5) is 10.9. The van der Waals surface area contributed by atoms with Crippen LogP contribution in [0.3, 0.4) is 0 Å². The molecule has 6 aliphatic carbocycles. The van der Waals surface area contributed by atoms with E-state index in [0.29, 0.717) is 23.7 Å². The molecule has 2 aliphatic heterocycles. The van der Waals surface area contributed by atoms with Gasteiger partial charge in [0.1, 0.15) is 22.7 Å². The highest BCUT2D eigenvalue weighted by Crippen LogP contribution is 2.54. The van der Waals surface area contributed by atoms with Crippen molar-refractivity contribution in [2.24, 2.45) is 5.41 Å². The summed E-state index contributed by atoms with van der Waals surface area (Å²) in [5.41, 5.74) is 23.7. The van der Waals surface area contributed by atoms with Crippen molar-refractivity contribution < 1.29 is 4.74 Å². The summed E-state index contributed by atoms with van der Waals surface area (Å²) in [5.74, 6) is 4.62. The molecule has 0 saturated heterocycles. The van der Waals surface area contributed by atoms with E-state index in [1.807, 2.05) is 0 Å². The number of aryl methyl sites for hydroxylation is 2. The minimum atomic E-state index is 0.0519. The van der Waals surface area contributed by atoms with Crippen LogP contribution in [-0.4, -0.2) is 25.6 Å². The molecule has 8 aliphatic rings. The summed E-state index contributed by atoms with van der Waals surface area (Å²) in [6.07, 6.45) is 11.4. The summed E-state index contributed by atoms with van der Waals surface area (Å²) < 4.78 is 12.6. The number of rotatable bonds is 2. The van der Waals surface area contributed by atoms with Crippen molar-refractivity contribution in [3.63, 3.8) is 0 Å². The van der Waals surface area contributed by atoms with Gasteiger partial charge in [0.15, 0.2) is 5.65 Å². The highest BCUT2D eigenvalue weighted by Gasteiger charge is 2.47. The topological polar surface area (TPSA) is 44.4 Å². The smallest absolute Gasteiger partial charge is 0.256 e. The lowest BCUT2D eigenvalue weighted by molar-refractivity contribution is 0.357. The van der Waals surface area contributed by atoms with Crippen LogP contribution in [0.15, 0.2) is 60.7 Å². The van der Waals surface area contributed by atoms with Gasteiger partial charge in [-0.1, -0.05) is 63.2 Å². The number of hydrogen-bond acceptors (Lipinski definition) is 3. The van der Waals surface area contributed by atoms with E-state index in [2.05, 4.69) is 104 Å². The molecule has 3 aromatic heterocycles. The first-order valence-corrected chi connectivity index (χ1v) is 21.2. The second-order valence-electron chi connectivity index (χ2n) is 19.4. The Balaban J connectivity index is 1.24. The Kier molecular flexibility index (Phi) is 6.00. The van der Waals surface area contributed by atoms with Crippen LogP contribution >= 0.6 is 0 Å². The molecule has 272 valence electrons. The maximum absolute atomic E-state index is 7.28. The van der Waals surface area contributed by atoms with Crippen molar-refractivity contribution in [3.05, 3.63) is 99.9 Å². The quantitative estimate of drug-likeness (QED) is 0.167. The lowest BCUT2D eigenvalue weighted by Crippen LogP contribution is -2.59. The molecule has 4 aromatic carbocycles. The van der Waals surface area contributed by atoms with E-state index in [4.69, 9.17) is 14.7 Å². The second kappa shape index (κ2) is 10.5. The molecule has 5 heterocycles. The molecule has 0 radical (unpaired) electrons. The van der Waals surface area contributed by atoms with E-state index in [-0.39, 0.29) is 12.1 Å². The lowest BCUT2D eigenvalue weighted by atomic mass is 9.34. The molecule has 15 rings (SSSR count). The maximum Gasteiger partial charge on any atom is 0.256 e. The molecule has 0 unspecified atom stereocenters. The average molecular weight is 719 g/mol. The van der Waals surface area contributed by atoms with Crippen molar-refractivity contribution in [1.82, 2.24) is 18.9 Å². The van der Waals surface area contributed by atoms with Crippen LogP contribution in [0, 0.1) is 19.3 Å². The molecule has 4 bridgehead atoms. The highest BCUT2D eigenvalue weighted by molar-refractivity contribution is 6.99. The first-order valence-electron chi connectivity index (χ1n) is 21.2. The van der Waals surface area contributed by atoms with Crippen molar-refractivity contribution in [1.29, 1.82) is 0 Å². The van der Waals surface area contributed by atoms with Crippen LogP contribution < -0.4 is 21.1 Å². The molecule has 0 amide bonds. The predicted octanol–water partition coefficient (Wildman–Crippen LogP) is 10.1. The standard InChI is InChI=1S/C49H47BN4O/c1-25-26(2)52-47-44(51-25)36(24-49(3,4)5)48-53-39-19-32(27-9-7-6-8-10-27)20-41-43(39)50(37-21-33-28-11-13-29(14-12-28)34(33)23-40(37)55-41)38-22-35-30-15-17-31(18-16-30)42(35)46(45(38)53)54(47)48/h6-10,19-23,28-31H,11-18,24H2,1-5H3. The average Bonchev–Trinajstić information content (AvgIpc) is 3.69. The van der Waals surface area contributed by atoms with Gasteiger partial charge in [-0.3, -0.25) is 8.97 Å². The molecule has 0 atom stereocenters. The van der Waals surface area contributed by atoms with E-state index in [1.54, 1.807) is 22.3 Å². The van der Waals surface area contributed by atoms with Gasteiger partial charge in [-0.2, -0.15) is 0 Å². The Morgan fingerprint density at radius 3 is 2.07 bits per heavy atom. The van der Waals surface area contributed by atoms with E-state index in [9.17, 15) is 0 Å². The molecule has 7 aromatic rings. The number of imidazole rings is 1. The summed E-state index contributed by atoms with van der Waals surface area (Å²) in [5, 5.41) is 0. The van der Waals surface area contributed by atoms with Crippen molar-refractivity contribution in [2.75, 3.05) is 0 Å². The van der Waals surface area contributed by atoms with Gasteiger partial charge in [-0.05, 0) is 169 Å². The van der Waals surface area contributed by atoms with E-state index in [1.165, 1.54) is 107 Å². The summed E-state index contributed by atoms with van der Waals surface area (Å²) in [7, 11) is 0. The first-order chi connectivity index (χ1) is 26.7. The SMILES string of the molecule is Cc1nc2c(CC(C)(C)C)c3n4c5c(cc6c(c5n3c2nc1C)C1CCC6CC1)B1c2cc3c(cc2Oc2cc(-c5ccccc5)cc-4c21)C1CCC3CC1. The fourth-order valence-corrected chi connectivity index (χ4v) is 12.6. The third kappa shape index (κ3) is 4.06. The van der Waals surface area contributed by atoms with Crippen molar-refractivity contribution in [3.8, 4) is 28.3 Å². The second-order valence-corrected chi connectivity index (χ2v) is 19.4. The van der Waals surface area contributed by atoms with Gasteiger partial charge in [0.2, 0.25) is 0 Å². The molecule has 6 heteroatoms. The molecule has 5 nitrogen and oxygen atoms in total. The third-order valence-electron chi connectivity index (χ3n) is 15.0. The fraction of sp³-hybridized carbons (Fsp3) is 0.388. The normalized spacial score (nSPS) is 22.6. The van der Waals surface area contributed by atoms with Gasteiger partial charge in [0.25, 0.3) is 6.71 Å². The van der Waals surface area contributed by atoms with Crippen molar-refractivity contribution >= 4 is 50.9 Å². The van der Waals surface area contributed by atoms with Crippen LogP contribution in [0.2, 0.25) is 0 Å². The van der Waals surface area contributed by atoms with Gasteiger partial charge in [0, 0.05) is 11.3 Å². The maximum atomic E-state index is 7.28. The van der Waals surface area contributed by atoms with Gasteiger partial charge in [-0.15, -0.1) is 0 Å². The van der Waals surface area contributed by atoms with Crippen LogP contribution in [0.4, 0.5) is 0 Å². The highest BCUT2D eigenvalue weighted by atomic mass is 16.5. The number of hydrogen-bond donors (Lipinski definition) is 0. The van der Waals surface area contributed by atoms with Crippen molar-refractivity contribution in [2.45, 2.75) is 116 Å². The van der Waals surface area contributed by atoms with Crippen LogP contribution in [0.25, 0.3) is 44.7 Å². The summed E-state index contributed by atoms with van der Waals surface area (Å²) in [6, 6.07) is 23.6. The van der Waals surface area contributed by atoms with Gasteiger partial charge in [0.05, 0.1) is 22.4 Å². The van der Waals surface area contributed by atoms with Gasteiger partial charge in [-0.25, -0.2) is 9.97 Å². The lowest BCUT2D eigenvalue weighted by Gasteiger charge is -2.42. The molecule has 55 heavy (non-hydrogen) atoms. The van der Waals surface area contributed by atoms with Crippen LogP contribution in [0.1, 0.15) is 135 Å². The minimum absolute atomic E-state index is 0.0519. The van der Waals surface area contributed by atoms with E-state index in [0.717, 1.165) is 40.5 Å². The van der Waals surface area contributed by atoms with Gasteiger partial charge < -0.3 is 4.74 Å². The molecular formula is C49H47BN4O. The Labute approximate surface area is 323 Å². The largest absolute Gasteiger partial charge is 0.458 e. The number of aromatic nitrogens is 4. The molecule has 2 fully saturated rings. The summed E-state index contributed by atoms with van der Waals surface area (Å²) in [6.45, 7) is 11.5. The Morgan fingerprint density at radius 1 is 0.691 bits per heavy atom. The predicted molar refractivity (Wildman–Crippen MR) is 224 cm³/mol. The van der Waals surface area contributed by atoms with E-state index < -0.39 is 0 Å². The summed E-state index contributed by atoms with van der Waals surface area (Å²) >= 11 is 0. The molecule has 2 saturated carbocycles. The molecule has 0 spiro atoms. The number of fused-ring (bicyclic) bond motifs is 13. The number of ether oxygens (including phenoxy) is 1. The third-order valence-corrected chi connectivity index (χ3v) is 15.0. The zero-order valence-corrected chi connectivity index (χ0v) is 32.7. The Hall–Kier alpha value is -4.84. The number of benzene rings is 4.